The molecule has 23 heavy (non-hydrogen) atoms. The maximum atomic E-state index is 12.5. The summed E-state index contributed by atoms with van der Waals surface area (Å²) in [5, 5.41) is 4.34. The monoisotopic (exact) mass is 409 g/mol. The predicted octanol–water partition coefficient (Wildman–Crippen LogP) is 3.32. The van der Waals surface area contributed by atoms with E-state index in [9.17, 15) is 21.6 Å². The number of hydrogen-bond donors (Lipinski definition) is 1. The molecule has 2 aromatic rings. The Bertz CT molecular complexity index is 827. The Morgan fingerprint density at radius 3 is 2.52 bits per heavy atom. The van der Waals surface area contributed by atoms with Gasteiger partial charge in [0.1, 0.15) is 5.75 Å². The van der Waals surface area contributed by atoms with Crippen molar-refractivity contribution >= 4 is 44.2 Å². The summed E-state index contributed by atoms with van der Waals surface area (Å²) in [6, 6.07) is 8.00. The molecule has 0 aliphatic rings. The van der Waals surface area contributed by atoms with Crippen molar-refractivity contribution in [3.05, 3.63) is 40.4 Å². The van der Waals surface area contributed by atoms with Gasteiger partial charge >= 0.3 is 15.6 Å². The second-order valence-corrected chi connectivity index (χ2v) is 7.12. The first-order valence-electron chi connectivity index (χ1n) is 6.58. The molecule has 0 fully saturated rings. The SMILES string of the molecule is CBNCc1c(OS(=O)(=O)C(F)(F)F)ccc2ccc(Br)cc12. The summed E-state index contributed by atoms with van der Waals surface area (Å²) in [5.74, 6) is -0.339. The van der Waals surface area contributed by atoms with E-state index in [-0.39, 0.29) is 12.3 Å². The molecule has 0 atom stereocenters. The second kappa shape index (κ2) is 6.70. The molecule has 124 valence electrons. The number of benzene rings is 2. The van der Waals surface area contributed by atoms with Crippen molar-refractivity contribution in [3.8, 4) is 5.75 Å². The van der Waals surface area contributed by atoms with E-state index in [2.05, 4.69) is 25.3 Å². The third kappa shape index (κ3) is 3.99. The molecule has 2 aromatic carbocycles. The molecule has 0 aromatic heterocycles. The van der Waals surface area contributed by atoms with Gasteiger partial charge in [0, 0.05) is 16.6 Å². The van der Waals surface area contributed by atoms with Gasteiger partial charge in [-0.2, -0.15) is 21.6 Å². The number of hydrogen-bond acceptors (Lipinski definition) is 4. The van der Waals surface area contributed by atoms with Crippen LogP contribution in [-0.2, 0) is 16.7 Å². The van der Waals surface area contributed by atoms with Crippen LogP contribution in [0.1, 0.15) is 5.56 Å². The van der Waals surface area contributed by atoms with E-state index in [1.54, 1.807) is 18.2 Å². The van der Waals surface area contributed by atoms with E-state index in [1.807, 2.05) is 6.82 Å². The van der Waals surface area contributed by atoms with Crippen LogP contribution in [0.2, 0.25) is 6.82 Å². The zero-order chi connectivity index (χ0) is 17.3. The minimum atomic E-state index is -5.72. The molecule has 1 N–H and O–H groups in total. The van der Waals surface area contributed by atoms with E-state index < -0.39 is 15.6 Å². The van der Waals surface area contributed by atoms with E-state index in [4.69, 9.17) is 0 Å². The molecule has 2 rings (SSSR count). The van der Waals surface area contributed by atoms with Crippen LogP contribution in [0.3, 0.4) is 0 Å². The lowest BCUT2D eigenvalue weighted by atomic mass is 9.97. The second-order valence-electron chi connectivity index (χ2n) is 4.67. The summed E-state index contributed by atoms with van der Waals surface area (Å²) >= 11 is 3.29. The average molecular weight is 410 g/mol. The molecule has 10 heteroatoms. The van der Waals surface area contributed by atoms with Crippen LogP contribution in [0.15, 0.2) is 34.8 Å². The maximum Gasteiger partial charge on any atom is 0.534 e. The van der Waals surface area contributed by atoms with E-state index in [0.29, 0.717) is 18.4 Å². The van der Waals surface area contributed by atoms with Crippen molar-refractivity contribution in [2.24, 2.45) is 0 Å². The Morgan fingerprint density at radius 1 is 1.26 bits per heavy atom. The number of rotatable bonds is 5. The van der Waals surface area contributed by atoms with Crippen LogP contribution in [0.5, 0.6) is 5.75 Å². The van der Waals surface area contributed by atoms with Crippen LogP contribution in [-0.4, -0.2) is 21.3 Å². The van der Waals surface area contributed by atoms with Crippen LogP contribution in [0.4, 0.5) is 13.2 Å². The fourth-order valence-electron chi connectivity index (χ4n) is 2.01. The van der Waals surface area contributed by atoms with Crippen LogP contribution < -0.4 is 9.41 Å². The highest BCUT2D eigenvalue weighted by Crippen LogP contribution is 2.34. The van der Waals surface area contributed by atoms with E-state index in [0.717, 1.165) is 9.86 Å². The standard InChI is InChI=1S/C13H12BBrF3NO3S/c1-14-19-7-11-10-6-9(15)4-2-8(10)3-5-12(11)22-23(20,21)13(16,17)18/h2-6,14,19H,7H2,1H3. The molecule has 0 radical (unpaired) electrons. The third-order valence-electron chi connectivity index (χ3n) is 3.09. The Labute approximate surface area is 140 Å². The van der Waals surface area contributed by atoms with Gasteiger partial charge in [0.2, 0.25) is 0 Å². The summed E-state index contributed by atoms with van der Waals surface area (Å²) in [4.78, 5) is 0. The van der Waals surface area contributed by atoms with Gasteiger partial charge in [0.25, 0.3) is 0 Å². The molecular formula is C13H12BBrF3NO3S. The molecule has 0 aliphatic carbocycles. The third-order valence-corrected chi connectivity index (χ3v) is 4.55. The number of nitrogens with one attached hydrogen (secondary N) is 1. The van der Waals surface area contributed by atoms with Crippen molar-refractivity contribution in [1.82, 2.24) is 5.23 Å². The van der Waals surface area contributed by atoms with E-state index >= 15 is 0 Å². The molecule has 0 heterocycles. The molecule has 0 unspecified atom stereocenters. The smallest absolute Gasteiger partial charge is 0.376 e. The van der Waals surface area contributed by atoms with Gasteiger partial charge in [-0.15, -0.1) is 0 Å². The lowest BCUT2D eigenvalue weighted by molar-refractivity contribution is -0.0500. The maximum absolute atomic E-state index is 12.5. The van der Waals surface area contributed by atoms with Gasteiger partial charge in [-0.3, -0.25) is 0 Å². The molecule has 0 amide bonds. The molecule has 4 nitrogen and oxygen atoms in total. The van der Waals surface area contributed by atoms with Crippen LogP contribution in [0, 0.1) is 0 Å². The number of alkyl halides is 3. The van der Waals surface area contributed by atoms with Crippen molar-refractivity contribution in [2.45, 2.75) is 18.9 Å². The van der Waals surface area contributed by atoms with E-state index in [1.165, 1.54) is 12.1 Å². The highest BCUT2D eigenvalue weighted by atomic mass is 79.9. The summed E-state index contributed by atoms with van der Waals surface area (Å²) in [5.41, 5.74) is -5.13. The number of halogens is 4. The number of fused-ring (bicyclic) bond motifs is 1. The largest absolute Gasteiger partial charge is 0.534 e. The highest BCUT2D eigenvalue weighted by Gasteiger charge is 2.48. The topological polar surface area (TPSA) is 55.4 Å². The zero-order valence-electron chi connectivity index (χ0n) is 11.9. The summed E-state index contributed by atoms with van der Waals surface area (Å²) in [6.07, 6.45) is 0. The molecule has 0 saturated heterocycles. The van der Waals surface area contributed by atoms with Crippen molar-refractivity contribution in [2.75, 3.05) is 0 Å². The minimum Gasteiger partial charge on any atom is -0.376 e. The highest BCUT2D eigenvalue weighted by molar-refractivity contribution is 9.10. The summed E-state index contributed by atoms with van der Waals surface area (Å²) in [6.45, 7) is 2.00. The predicted molar refractivity (Wildman–Crippen MR) is 87.1 cm³/mol. The van der Waals surface area contributed by atoms with Crippen LogP contribution >= 0.6 is 15.9 Å². The molecule has 0 spiro atoms. The van der Waals surface area contributed by atoms with Crippen molar-refractivity contribution in [1.29, 1.82) is 0 Å². The normalized spacial score (nSPS) is 12.4. The fraction of sp³-hybridized carbons (Fsp3) is 0.231. The van der Waals surface area contributed by atoms with Gasteiger partial charge in [0.05, 0.1) is 0 Å². The first-order valence-corrected chi connectivity index (χ1v) is 8.78. The Balaban J connectivity index is 2.59. The Morgan fingerprint density at radius 2 is 1.91 bits per heavy atom. The van der Waals surface area contributed by atoms with Crippen LogP contribution in [0.25, 0.3) is 10.8 Å². The lowest BCUT2D eigenvalue weighted by Gasteiger charge is -2.15. The van der Waals surface area contributed by atoms with Gasteiger partial charge in [-0.25, -0.2) is 0 Å². The average Bonchev–Trinajstić information content (AvgIpc) is 2.44. The summed E-state index contributed by atoms with van der Waals surface area (Å²) in [7, 11) is -5.15. The lowest BCUT2D eigenvalue weighted by Crippen LogP contribution is -2.28. The van der Waals surface area contributed by atoms with Gasteiger partial charge in [-0.05, 0) is 29.0 Å². The summed E-state index contributed by atoms with van der Waals surface area (Å²) < 4.78 is 65.2. The van der Waals surface area contributed by atoms with Gasteiger partial charge < -0.3 is 9.41 Å². The van der Waals surface area contributed by atoms with Gasteiger partial charge in [0.15, 0.2) is 7.41 Å². The molecule has 0 saturated carbocycles. The Kier molecular flexibility index (Phi) is 5.27. The van der Waals surface area contributed by atoms with Crippen molar-refractivity contribution in [3.63, 3.8) is 0 Å². The van der Waals surface area contributed by atoms with Gasteiger partial charge in [-0.1, -0.05) is 34.9 Å². The minimum absolute atomic E-state index is 0.174. The quantitative estimate of drug-likeness (QED) is 0.467. The first kappa shape index (κ1) is 18.1. The fourth-order valence-corrected chi connectivity index (χ4v) is 2.86. The molecular weight excluding hydrogens is 398 g/mol. The molecule has 0 bridgehead atoms. The first-order chi connectivity index (χ1) is 10.7. The zero-order valence-corrected chi connectivity index (χ0v) is 14.3. The molecule has 0 aliphatic heterocycles. The Hall–Kier alpha value is -1.26. The van der Waals surface area contributed by atoms with Crippen molar-refractivity contribution < 1.29 is 25.8 Å².